The Labute approximate surface area is 156 Å². The van der Waals surface area contributed by atoms with Gasteiger partial charge in [-0.3, -0.25) is 4.79 Å². The summed E-state index contributed by atoms with van der Waals surface area (Å²) in [6, 6.07) is 4.08. The van der Waals surface area contributed by atoms with E-state index in [0.717, 1.165) is 36.1 Å². The van der Waals surface area contributed by atoms with E-state index in [2.05, 4.69) is 11.1 Å². The van der Waals surface area contributed by atoms with Crippen molar-refractivity contribution in [2.24, 2.45) is 0 Å². The third-order valence-corrected chi connectivity index (χ3v) is 7.24. The molecule has 25 heavy (non-hydrogen) atoms. The van der Waals surface area contributed by atoms with Crippen LogP contribution in [0.4, 0.5) is 0 Å². The Hall–Kier alpha value is -1.28. The number of carbonyl (C=O) groups is 1. The third kappa shape index (κ3) is 4.11. The fourth-order valence-electron chi connectivity index (χ4n) is 3.80. The smallest absolute Gasteiger partial charge is 0.273 e. The molecule has 1 amide bonds. The highest BCUT2D eigenvalue weighted by atomic mass is 32.1. The van der Waals surface area contributed by atoms with Crippen molar-refractivity contribution in [2.45, 2.75) is 12.8 Å². The molecule has 0 saturated carbocycles. The number of thiazole rings is 1. The van der Waals surface area contributed by atoms with Gasteiger partial charge in [0, 0.05) is 18.2 Å². The van der Waals surface area contributed by atoms with E-state index in [1.807, 2.05) is 21.7 Å². The second kappa shape index (κ2) is 7.95. The maximum absolute atomic E-state index is 12.7. The molecule has 5 nitrogen and oxygen atoms in total. The van der Waals surface area contributed by atoms with Gasteiger partial charge in [-0.15, -0.1) is 22.7 Å². The molecule has 2 aliphatic rings. The van der Waals surface area contributed by atoms with Gasteiger partial charge in [0.1, 0.15) is 23.8 Å². The Morgan fingerprint density at radius 2 is 1.80 bits per heavy atom. The van der Waals surface area contributed by atoms with Gasteiger partial charge in [-0.05, 0) is 11.4 Å². The number of hydrogen-bond acceptors (Lipinski definition) is 4. The summed E-state index contributed by atoms with van der Waals surface area (Å²) in [5.74, 6) is 0.100. The first-order valence-electron chi connectivity index (χ1n) is 9.25. The molecule has 2 aromatic heterocycles. The van der Waals surface area contributed by atoms with Gasteiger partial charge in [0.15, 0.2) is 0 Å². The molecule has 0 unspecified atom stereocenters. The number of nitrogens with zero attached hydrogens (tertiary/aromatic N) is 2. The molecule has 0 spiro atoms. The molecule has 134 valence electrons. The summed E-state index contributed by atoms with van der Waals surface area (Å²) >= 11 is 3.24. The van der Waals surface area contributed by atoms with Crippen LogP contribution in [0.3, 0.4) is 0 Å². The van der Waals surface area contributed by atoms with Crippen molar-refractivity contribution in [1.29, 1.82) is 0 Å². The molecular formula is C18H26N4OS2+2. The van der Waals surface area contributed by atoms with E-state index in [0.29, 0.717) is 5.69 Å². The van der Waals surface area contributed by atoms with E-state index in [9.17, 15) is 4.79 Å². The maximum Gasteiger partial charge on any atom is 0.273 e. The number of amides is 1. The first kappa shape index (κ1) is 17.1. The van der Waals surface area contributed by atoms with Gasteiger partial charge in [0.2, 0.25) is 0 Å². The average Bonchev–Trinajstić information content (AvgIpc) is 3.42. The molecule has 4 heterocycles. The molecule has 0 atom stereocenters. The standard InChI is InChI=1S/C18H24N4OS2/c23-18(15-14-25-17(19-15)16-4-3-13-24-16)22-11-9-21(10-12-22)8-7-20-5-1-2-6-20/h3-4,13-14H,1-2,5-12H2/p+2. The molecule has 2 saturated heterocycles. The minimum atomic E-state index is 0.100. The van der Waals surface area contributed by atoms with E-state index in [1.54, 1.807) is 32.5 Å². The predicted molar refractivity (Wildman–Crippen MR) is 102 cm³/mol. The zero-order chi connectivity index (χ0) is 17.1. The molecule has 4 rings (SSSR count). The zero-order valence-corrected chi connectivity index (χ0v) is 16.1. The summed E-state index contributed by atoms with van der Waals surface area (Å²) in [7, 11) is 0. The molecule has 2 fully saturated rings. The lowest BCUT2D eigenvalue weighted by Crippen LogP contribution is -3.21. The number of likely N-dealkylation sites (tertiary alicyclic amines) is 1. The quantitative estimate of drug-likeness (QED) is 0.763. The van der Waals surface area contributed by atoms with E-state index in [1.165, 1.54) is 39.0 Å². The number of thiophene rings is 1. The molecule has 2 aromatic rings. The Bertz CT molecular complexity index is 686. The van der Waals surface area contributed by atoms with Crippen LogP contribution in [0, 0.1) is 0 Å². The van der Waals surface area contributed by atoms with Crippen LogP contribution in [0.15, 0.2) is 22.9 Å². The highest BCUT2D eigenvalue weighted by Gasteiger charge is 2.27. The lowest BCUT2D eigenvalue weighted by Gasteiger charge is -2.32. The van der Waals surface area contributed by atoms with E-state index in [4.69, 9.17) is 0 Å². The second-order valence-corrected chi connectivity index (χ2v) is 8.82. The van der Waals surface area contributed by atoms with Crippen LogP contribution in [0.2, 0.25) is 0 Å². The number of rotatable bonds is 5. The SMILES string of the molecule is O=C(c1csc(-c2cccs2)n1)N1CC[NH+](CC[NH+]2CCCC2)CC1. The molecule has 2 N–H and O–H groups in total. The first-order valence-corrected chi connectivity index (χ1v) is 11.0. The number of quaternary nitrogens is 2. The molecule has 0 bridgehead atoms. The van der Waals surface area contributed by atoms with Crippen LogP contribution in [0.25, 0.3) is 9.88 Å². The molecular weight excluding hydrogens is 352 g/mol. The van der Waals surface area contributed by atoms with Gasteiger partial charge in [-0.25, -0.2) is 4.98 Å². The van der Waals surface area contributed by atoms with Gasteiger partial charge in [0.25, 0.3) is 5.91 Å². The topological polar surface area (TPSA) is 42.1 Å². The summed E-state index contributed by atoms with van der Waals surface area (Å²) in [6.45, 7) is 9.10. The summed E-state index contributed by atoms with van der Waals surface area (Å²) in [5, 5.41) is 4.91. The predicted octanol–water partition coefficient (Wildman–Crippen LogP) is -0.109. The van der Waals surface area contributed by atoms with Crippen LogP contribution in [-0.4, -0.2) is 68.1 Å². The number of nitrogens with one attached hydrogen (secondary N) is 2. The fraction of sp³-hybridized carbons (Fsp3) is 0.556. The summed E-state index contributed by atoms with van der Waals surface area (Å²) in [6.07, 6.45) is 2.79. The lowest BCUT2D eigenvalue weighted by atomic mass is 10.3. The van der Waals surface area contributed by atoms with Crippen LogP contribution in [0.5, 0.6) is 0 Å². The van der Waals surface area contributed by atoms with Gasteiger partial charge >= 0.3 is 0 Å². The van der Waals surface area contributed by atoms with Gasteiger partial charge < -0.3 is 14.7 Å². The van der Waals surface area contributed by atoms with Gasteiger partial charge in [-0.2, -0.15) is 0 Å². The fourth-order valence-corrected chi connectivity index (χ4v) is 5.41. The van der Waals surface area contributed by atoms with Crippen LogP contribution >= 0.6 is 22.7 Å². The Morgan fingerprint density at radius 1 is 1.08 bits per heavy atom. The van der Waals surface area contributed by atoms with Crippen molar-refractivity contribution in [3.05, 3.63) is 28.6 Å². The van der Waals surface area contributed by atoms with E-state index < -0.39 is 0 Å². The van der Waals surface area contributed by atoms with Crippen LogP contribution < -0.4 is 9.80 Å². The number of piperazine rings is 1. The van der Waals surface area contributed by atoms with Crippen molar-refractivity contribution >= 4 is 28.6 Å². The Morgan fingerprint density at radius 3 is 2.48 bits per heavy atom. The summed E-state index contributed by atoms with van der Waals surface area (Å²) in [4.78, 5) is 23.8. The van der Waals surface area contributed by atoms with E-state index in [-0.39, 0.29) is 5.91 Å². The molecule has 0 aliphatic carbocycles. The largest absolute Gasteiger partial charge is 0.330 e. The Balaban J connectivity index is 1.28. The molecule has 0 radical (unpaired) electrons. The summed E-state index contributed by atoms with van der Waals surface area (Å²) in [5.41, 5.74) is 0.610. The number of carbonyl (C=O) groups excluding carboxylic acids is 1. The maximum atomic E-state index is 12.7. The molecule has 0 aromatic carbocycles. The van der Waals surface area contributed by atoms with Crippen molar-refractivity contribution in [2.75, 3.05) is 52.4 Å². The lowest BCUT2D eigenvalue weighted by molar-refractivity contribution is -0.954. The van der Waals surface area contributed by atoms with Crippen molar-refractivity contribution in [1.82, 2.24) is 9.88 Å². The highest BCUT2D eigenvalue weighted by Crippen LogP contribution is 2.28. The average molecular weight is 379 g/mol. The normalized spacial score (nSPS) is 19.6. The number of aromatic nitrogens is 1. The van der Waals surface area contributed by atoms with Crippen molar-refractivity contribution in [3.63, 3.8) is 0 Å². The van der Waals surface area contributed by atoms with Crippen LogP contribution in [0.1, 0.15) is 23.3 Å². The van der Waals surface area contributed by atoms with Gasteiger partial charge in [-0.1, -0.05) is 6.07 Å². The van der Waals surface area contributed by atoms with Crippen LogP contribution in [-0.2, 0) is 0 Å². The van der Waals surface area contributed by atoms with E-state index >= 15 is 0 Å². The van der Waals surface area contributed by atoms with Crippen molar-refractivity contribution in [3.8, 4) is 9.88 Å². The zero-order valence-electron chi connectivity index (χ0n) is 14.5. The number of hydrogen-bond donors (Lipinski definition) is 2. The molecule has 2 aliphatic heterocycles. The van der Waals surface area contributed by atoms with Crippen molar-refractivity contribution < 1.29 is 14.6 Å². The third-order valence-electron chi connectivity index (χ3n) is 5.36. The highest BCUT2D eigenvalue weighted by molar-refractivity contribution is 7.20. The summed E-state index contributed by atoms with van der Waals surface area (Å²) < 4.78 is 0. The second-order valence-electron chi connectivity index (χ2n) is 7.01. The Kier molecular flexibility index (Phi) is 5.45. The van der Waals surface area contributed by atoms with Gasteiger partial charge in [0.05, 0.1) is 44.1 Å². The minimum absolute atomic E-state index is 0.100. The minimum Gasteiger partial charge on any atom is -0.330 e. The first-order chi connectivity index (χ1) is 12.3. The monoisotopic (exact) mass is 378 g/mol. The molecule has 7 heteroatoms.